The number of rotatable bonds is 1. The number of hydrogen-bond donors (Lipinski definition) is 0. The van der Waals surface area contributed by atoms with Crippen molar-refractivity contribution in [2.75, 3.05) is 11.4 Å². The average molecular weight is 296 g/mol. The van der Waals surface area contributed by atoms with Gasteiger partial charge in [0.1, 0.15) is 0 Å². The smallest absolute Gasteiger partial charge is 0.368 e. The van der Waals surface area contributed by atoms with Crippen molar-refractivity contribution in [1.82, 2.24) is 0 Å². The summed E-state index contributed by atoms with van der Waals surface area (Å²) >= 11 is 0. The summed E-state index contributed by atoms with van der Waals surface area (Å²) in [5.74, 6) is 0. The lowest BCUT2D eigenvalue weighted by Crippen LogP contribution is -2.39. The number of alkyl halides is 3. The lowest BCUT2D eigenvalue weighted by atomic mass is 9.85. The zero-order valence-electron chi connectivity index (χ0n) is 12.5. The third kappa shape index (κ3) is 3.15. The Morgan fingerprint density at radius 1 is 1.24 bits per heavy atom. The van der Waals surface area contributed by atoms with Crippen molar-refractivity contribution in [3.05, 3.63) is 29.3 Å². The Labute approximate surface area is 123 Å². The predicted octanol–water partition coefficient (Wildman–Crippen LogP) is 4.59. The molecule has 1 aromatic carbocycles. The minimum Gasteiger partial charge on any atom is -0.368 e. The van der Waals surface area contributed by atoms with Crippen molar-refractivity contribution in [3.8, 4) is 6.07 Å². The maximum Gasteiger partial charge on any atom is 0.417 e. The molecule has 0 saturated carbocycles. The Morgan fingerprint density at radius 3 is 2.43 bits per heavy atom. The van der Waals surface area contributed by atoms with Crippen LogP contribution in [0.1, 0.15) is 44.7 Å². The number of hydrogen-bond acceptors (Lipinski definition) is 2. The highest BCUT2D eigenvalue weighted by Gasteiger charge is 2.37. The summed E-state index contributed by atoms with van der Waals surface area (Å²) in [6, 6.07) is 5.85. The van der Waals surface area contributed by atoms with E-state index in [4.69, 9.17) is 5.26 Å². The van der Waals surface area contributed by atoms with E-state index in [2.05, 4.69) is 20.8 Å². The summed E-state index contributed by atoms with van der Waals surface area (Å²) in [6.45, 7) is 7.06. The van der Waals surface area contributed by atoms with Crippen LogP contribution in [0.5, 0.6) is 0 Å². The minimum atomic E-state index is -4.50. The zero-order valence-corrected chi connectivity index (χ0v) is 12.5. The molecule has 0 aromatic heterocycles. The molecule has 0 spiro atoms. The molecule has 1 saturated heterocycles. The topological polar surface area (TPSA) is 27.0 Å². The van der Waals surface area contributed by atoms with Gasteiger partial charge >= 0.3 is 6.18 Å². The van der Waals surface area contributed by atoms with Crippen LogP contribution in [0.15, 0.2) is 18.2 Å². The second-order valence-corrected chi connectivity index (χ2v) is 6.56. The normalized spacial score (nSPS) is 19.7. The lowest BCUT2D eigenvalue weighted by molar-refractivity contribution is -0.137. The van der Waals surface area contributed by atoms with Crippen molar-refractivity contribution < 1.29 is 13.2 Å². The van der Waals surface area contributed by atoms with E-state index in [-0.39, 0.29) is 17.0 Å². The highest BCUT2D eigenvalue weighted by atomic mass is 19.4. The third-order valence-electron chi connectivity index (χ3n) is 4.01. The molecule has 0 amide bonds. The molecule has 1 unspecified atom stereocenters. The van der Waals surface area contributed by atoms with E-state index in [1.807, 2.05) is 4.90 Å². The second kappa shape index (κ2) is 5.25. The van der Waals surface area contributed by atoms with Crippen LogP contribution in [-0.4, -0.2) is 12.6 Å². The van der Waals surface area contributed by atoms with Crippen molar-refractivity contribution in [1.29, 1.82) is 5.26 Å². The van der Waals surface area contributed by atoms with Gasteiger partial charge in [-0.05, 0) is 36.5 Å². The number of benzene rings is 1. The van der Waals surface area contributed by atoms with Crippen molar-refractivity contribution in [2.45, 2.75) is 45.8 Å². The van der Waals surface area contributed by atoms with Crippen LogP contribution in [0.4, 0.5) is 18.9 Å². The predicted molar refractivity (Wildman–Crippen MR) is 76.0 cm³/mol. The molecule has 0 radical (unpaired) electrons. The minimum absolute atomic E-state index is 0.00277. The van der Waals surface area contributed by atoms with E-state index < -0.39 is 11.7 Å². The van der Waals surface area contributed by atoms with Gasteiger partial charge in [0, 0.05) is 18.3 Å². The SMILES string of the molecule is CC(C)(C)C1CCCN1c1ccc(C#N)c(C(F)(F)F)c1. The first-order valence-electron chi connectivity index (χ1n) is 7.02. The Morgan fingerprint density at radius 2 is 1.90 bits per heavy atom. The number of nitrogens with zero attached hydrogens (tertiary/aromatic N) is 2. The molecule has 1 fully saturated rings. The van der Waals surface area contributed by atoms with Crippen LogP contribution >= 0.6 is 0 Å². The molecule has 5 heteroatoms. The summed E-state index contributed by atoms with van der Waals surface area (Å²) in [5, 5.41) is 8.86. The van der Waals surface area contributed by atoms with E-state index in [0.717, 1.165) is 25.5 Å². The molecule has 2 rings (SSSR count). The summed E-state index contributed by atoms with van der Waals surface area (Å²) < 4.78 is 39.2. The van der Waals surface area contributed by atoms with Gasteiger partial charge in [0.2, 0.25) is 0 Å². The van der Waals surface area contributed by atoms with Crippen LogP contribution in [-0.2, 0) is 6.18 Å². The molecular formula is C16H19F3N2. The van der Waals surface area contributed by atoms with Gasteiger partial charge in [0.15, 0.2) is 0 Å². The first kappa shape index (κ1) is 15.7. The molecule has 1 aliphatic rings. The fourth-order valence-electron chi connectivity index (χ4n) is 3.02. The van der Waals surface area contributed by atoms with Gasteiger partial charge < -0.3 is 4.90 Å². The maximum atomic E-state index is 13.1. The first-order chi connectivity index (χ1) is 9.64. The molecule has 1 atom stereocenters. The Hall–Kier alpha value is -1.70. The molecule has 114 valence electrons. The van der Waals surface area contributed by atoms with Crippen LogP contribution in [0.25, 0.3) is 0 Å². The molecule has 1 aromatic rings. The lowest BCUT2D eigenvalue weighted by Gasteiger charge is -2.36. The Bertz CT molecular complexity index is 564. The summed E-state index contributed by atoms with van der Waals surface area (Å²) in [6.07, 6.45) is -2.55. The highest BCUT2D eigenvalue weighted by Crippen LogP contribution is 2.39. The van der Waals surface area contributed by atoms with Gasteiger partial charge in [0.25, 0.3) is 0 Å². The van der Waals surface area contributed by atoms with Crippen LogP contribution < -0.4 is 4.90 Å². The highest BCUT2D eigenvalue weighted by molar-refractivity contribution is 5.56. The zero-order chi connectivity index (χ0) is 15.8. The largest absolute Gasteiger partial charge is 0.417 e. The first-order valence-corrected chi connectivity index (χ1v) is 7.02. The summed E-state index contributed by atoms with van der Waals surface area (Å²) in [5.41, 5.74) is -0.610. The van der Waals surface area contributed by atoms with Crippen molar-refractivity contribution in [3.63, 3.8) is 0 Å². The summed E-state index contributed by atoms with van der Waals surface area (Å²) in [7, 11) is 0. The van der Waals surface area contributed by atoms with E-state index in [9.17, 15) is 13.2 Å². The molecular weight excluding hydrogens is 277 g/mol. The quantitative estimate of drug-likeness (QED) is 0.757. The number of nitriles is 1. The standard InChI is InChI=1S/C16H19F3N2/c1-15(2,3)14-5-4-8-21(14)12-7-6-11(10-20)13(9-12)16(17,18)19/h6-7,9,14H,4-5,8H2,1-3H3. The van der Waals surface area contributed by atoms with Gasteiger partial charge in [-0.15, -0.1) is 0 Å². The van der Waals surface area contributed by atoms with E-state index in [1.54, 1.807) is 12.1 Å². The van der Waals surface area contributed by atoms with Gasteiger partial charge in [-0.25, -0.2) is 0 Å². The van der Waals surface area contributed by atoms with Crippen molar-refractivity contribution in [2.24, 2.45) is 5.41 Å². The molecule has 1 aliphatic heterocycles. The van der Waals surface area contributed by atoms with Gasteiger partial charge in [-0.2, -0.15) is 18.4 Å². The fourth-order valence-corrected chi connectivity index (χ4v) is 3.02. The van der Waals surface area contributed by atoms with Crippen LogP contribution in [0.2, 0.25) is 0 Å². The van der Waals surface area contributed by atoms with Crippen molar-refractivity contribution >= 4 is 5.69 Å². The Kier molecular flexibility index (Phi) is 3.92. The van der Waals surface area contributed by atoms with E-state index >= 15 is 0 Å². The van der Waals surface area contributed by atoms with E-state index in [1.165, 1.54) is 6.07 Å². The van der Waals surface area contributed by atoms with E-state index in [0.29, 0.717) is 5.69 Å². The molecule has 21 heavy (non-hydrogen) atoms. The van der Waals surface area contributed by atoms with Gasteiger partial charge in [-0.3, -0.25) is 0 Å². The van der Waals surface area contributed by atoms with Gasteiger partial charge in [-0.1, -0.05) is 20.8 Å². The third-order valence-corrected chi connectivity index (χ3v) is 4.01. The summed E-state index contributed by atoms with van der Waals surface area (Å²) in [4.78, 5) is 2.04. The number of halogens is 3. The number of anilines is 1. The molecule has 0 aliphatic carbocycles. The molecule has 2 nitrogen and oxygen atoms in total. The molecule has 0 bridgehead atoms. The maximum absolute atomic E-state index is 13.1. The molecule has 1 heterocycles. The second-order valence-electron chi connectivity index (χ2n) is 6.56. The van der Waals surface area contributed by atoms with Crippen LogP contribution in [0, 0.1) is 16.7 Å². The average Bonchev–Trinajstić information content (AvgIpc) is 2.86. The Balaban J connectivity index is 2.44. The van der Waals surface area contributed by atoms with Gasteiger partial charge in [0.05, 0.1) is 17.2 Å². The van der Waals surface area contributed by atoms with Crippen LogP contribution in [0.3, 0.4) is 0 Å². The molecule has 0 N–H and O–H groups in total. The fraction of sp³-hybridized carbons (Fsp3) is 0.562. The monoisotopic (exact) mass is 296 g/mol.